The van der Waals surface area contributed by atoms with Crippen molar-refractivity contribution in [2.24, 2.45) is 0 Å². The monoisotopic (exact) mass is 432 g/mol. The number of amides is 1. The van der Waals surface area contributed by atoms with Gasteiger partial charge in [-0.1, -0.05) is 24.3 Å². The third-order valence-electron chi connectivity index (χ3n) is 5.51. The van der Waals surface area contributed by atoms with E-state index in [1.165, 1.54) is 11.3 Å². The third-order valence-corrected chi connectivity index (χ3v) is 6.58. The minimum Gasteiger partial charge on any atom is -0.494 e. The Morgan fingerprint density at radius 3 is 2.52 bits per heavy atom. The zero-order valence-corrected chi connectivity index (χ0v) is 18.2. The predicted octanol–water partition coefficient (Wildman–Crippen LogP) is 5.01. The van der Waals surface area contributed by atoms with E-state index in [0.717, 1.165) is 21.9 Å². The zero-order valence-electron chi connectivity index (χ0n) is 17.3. The van der Waals surface area contributed by atoms with Crippen LogP contribution in [-0.2, 0) is 0 Å². The molecule has 7 heteroatoms. The molecule has 6 nitrogen and oxygen atoms in total. The molecule has 0 saturated heterocycles. The summed E-state index contributed by atoms with van der Waals surface area (Å²) in [6.07, 6.45) is 0. The Hall–Kier alpha value is -3.45. The van der Waals surface area contributed by atoms with E-state index in [4.69, 9.17) is 9.15 Å². The van der Waals surface area contributed by atoms with E-state index >= 15 is 0 Å². The van der Waals surface area contributed by atoms with E-state index in [-0.39, 0.29) is 17.1 Å². The second kappa shape index (κ2) is 7.35. The molecule has 2 aromatic heterocycles. The topological polar surface area (TPSA) is 72.6 Å². The number of benzene rings is 2. The number of aromatic nitrogens is 1. The van der Waals surface area contributed by atoms with Gasteiger partial charge in [-0.25, -0.2) is 4.98 Å². The molecule has 5 rings (SSSR count). The molecule has 1 atom stereocenters. The van der Waals surface area contributed by atoms with Crippen LogP contribution < -0.4 is 15.1 Å². The lowest BCUT2D eigenvalue weighted by molar-refractivity contribution is 0.0971. The first kappa shape index (κ1) is 19.5. The number of carbonyl (C=O) groups excluding carboxylic acids is 1. The fraction of sp³-hybridized carbons (Fsp3) is 0.208. The van der Waals surface area contributed by atoms with Gasteiger partial charge in [-0.15, -0.1) is 11.3 Å². The molecular weight excluding hydrogens is 412 g/mol. The largest absolute Gasteiger partial charge is 0.494 e. The van der Waals surface area contributed by atoms with Crippen LogP contribution in [0.2, 0.25) is 0 Å². The van der Waals surface area contributed by atoms with Crippen LogP contribution in [-0.4, -0.2) is 17.5 Å². The van der Waals surface area contributed by atoms with E-state index in [0.29, 0.717) is 28.3 Å². The molecule has 0 aliphatic carbocycles. The van der Waals surface area contributed by atoms with Crippen molar-refractivity contribution in [3.63, 3.8) is 0 Å². The van der Waals surface area contributed by atoms with Crippen molar-refractivity contribution in [1.82, 2.24) is 4.98 Å². The summed E-state index contributed by atoms with van der Waals surface area (Å²) in [6, 6.07) is 13.8. The summed E-state index contributed by atoms with van der Waals surface area (Å²) < 4.78 is 11.5. The van der Waals surface area contributed by atoms with Gasteiger partial charge in [0.25, 0.3) is 5.91 Å². The molecule has 0 fully saturated rings. The number of hydrogen-bond donors (Lipinski definition) is 0. The minimum atomic E-state index is -0.621. The van der Waals surface area contributed by atoms with Gasteiger partial charge in [0.15, 0.2) is 10.6 Å². The van der Waals surface area contributed by atoms with Crippen LogP contribution in [0.25, 0.3) is 11.0 Å². The Morgan fingerprint density at radius 1 is 1.10 bits per heavy atom. The molecular formula is C24H20N2O4S. The number of aryl methyl sites for hydroxylation is 2. The molecule has 0 saturated carbocycles. The van der Waals surface area contributed by atoms with E-state index in [2.05, 4.69) is 4.98 Å². The predicted molar refractivity (Wildman–Crippen MR) is 120 cm³/mol. The summed E-state index contributed by atoms with van der Waals surface area (Å²) in [5, 5.41) is 1.01. The summed E-state index contributed by atoms with van der Waals surface area (Å²) >= 11 is 1.43. The maximum atomic E-state index is 13.5. The highest BCUT2D eigenvalue weighted by Gasteiger charge is 2.45. The second-order valence-electron chi connectivity index (χ2n) is 7.39. The van der Waals surface area contributed by atoms with Gasteiger partial charge in [0.2, 0.25) is 5.76 Å². The normalized spacial score (nSPS) is 15.5. The molecule has 4 aromatic rings. The Morgan fingerprint density at radius 2 is 1.84 bits per heavy atom. The van der Waals surface area contributed by atoms with E-state index in [1.54, 1.807) is 29.2 Å². The molecule has 3 heterocycles. The van der Waals surface area contributed by atoms with Gasteiger partial charge in [-0.2, -0.15) is 0 Å². The van der Waals surface area contributed by atoms with Crippen molar-refractivity contribution in [3.05, 3.63) is 86.2 Å². The van der Waals surface area contributed by atoms with Crippen molar-refractivity contribution in [2.75, 3.05) is 11.5 Å². The van der Waals surface area contributed by atoms with E-state index in [1.807, 2.05) is 45.0 Å². The van der Waals surface area contributed by atoms with E-state index in [9.17, 15) is 9.59 Å². The molecule has 0 unspecified atom stereocenters. The Bertz CT molecular complexity index is 1350. The molecule has 0 bridgehead atoms. The summed E-state index contributed by atoms with van der Waals surface area (Å²) in [5.41, 5.74) is 2.20. The number of ether oxygens (including phenoxy) is 1. The van der Waals surface area contributed by atoms with Crippen LogP contribution in [0.15, 0.2) is 57.7 Å². The van der Waals surface area contributed by atoms with Crippen molar-refractivity contribution < 1.29 is 13.9 Å². The molecule has 1 aliphatic rings. The zero-order chi connectivity index (χ0) is 21.7. The lowest BCUT2D eigenvalue weighted by Gasteiger charge is -2.22. The fourth-order valence-electron chi connectivity index (χ4n) is 3.90. The maximum absolute atomic E-state index is 13.5. The number of carbonyl (C=O) groups is 1. The summed E-state index contributed by atoms with van der Waals surface area (Å²) in [7, 11) is 0. The smallest absolute Gasteiger partial charge is 0.297 e. The van der Waals surface area contributed by atoms with Crippen LogP contribution in [0.1, 0.15) is 45.2 Å². The van der Waals surface area contributed by atoms with Crippen molar-refractivity contribution in [1.29, 1.82) is 0 Å². The molecule has 2 aromatic carbocycles. The highest BCUT2D eigenvalue weighted by atomic mass is 32.1. The number of nitrogens with zero attached hydrogens (tertiary/aromatic N) is 2. The summed E-state index contributed by atoms with van der Waals surface area (Å²) in [4.78, 5) is 34.2. The van der Waals surface area contributed by atoms with Gasteiger partial charge in [0, 0.05) is 4.88 Å². The molecule has 1 amide bonds. The SMILES string of the molecule is CCOc1ccc([C@H]2c3c(oc4ccccc4c3=O)C(=O)N2c2nc(C)c(C)s2)cc1. The molecule has 0 radical (unpaired) electrons. The molecule has 156 valence electrons. The fourth-order valence-corrected chi connectivity index (χ4v) is 4.84. The van der Waals surface area contributed by atoms with Gasteiger partial charge in [0.05, 0.1) is 29.3 Å². The van der Waals surface area contributed by atoms with Gasteiger partial charge in [0.1, 0.15) is 11.3 Å². The highest BCUT2D eigenvalue weighted by Crippen LogP contribution is 2.43. The standard InChI is InChI=1S/C24H20N2O4S/c1-4-29-16-11-9-15(10-12-16)20-19-21(27)17-7-5-6-8-18(17)30-22(19)23(28)26(20)24-25-13(2)14(3)31-24/h5-12,20H,4H2,1-3H3/t20-/m0/s1. The van der Waals surface area contributed by atoms with Crippen LogP contribution in [0.5, 0.6) is 5.75 Å². The summed E-state index contributed by atoms with van der Waals surface area (Å²) in [5.74, 6) is 0.451. The van der Waals surface area contributed by atoms with Crippen LogP contribution >= 0.6 is 11.3 Å². The number of rotatable bonds is 4. The Balaban J connectivity index is 1.76. The molecule has 31 heavy (non-hydrogen) atoms. The van der Waals surface area contributed by atoms with Crippen molar-refractivity contribution >= 4 is 33.3 Å². The average molecular weight is 433 g/mol. The first-order valence-corrected chi connectivity index (χ1v) is 10.9. The van der Waals surface area contributed by atoms with Crippen molar-refractivity contribution in [2.45, 2.75) is 26.8 Å². The average Bonchev–Trinajstić information content (AvgIpc) is 3.25. The van der Waals surface area contributed by atoms with Crippen LogP contribution in [0, 0.1) is 13.8 Å². The van der Waals surface area contributed by atoms with Gasteiger partial charge in [-0.05, 0) is 50.6 Å². The number of hydrogen-bond acceptors (Lipinski definition) is 6. The van der Waals surface area contributed by atoms with Crippen molar-refractivity contribution in [3.8, 4) is 5.75 Å². The van der Waals surface area contributed by atoms with Gasteiger partial charge >= 0.3 is 0 Å². The minimum absolute atomic E-state index is 0.0769. The molecule has 0 spiro atoms. The van der Waals surface area contributed by atoms with Gasteiger partial charge in [-0.3, -0.25) is 14.5 Å². The quantitative estimate of drug-likeness (QED) is 0.453. The lowest BCUT2D eigenvalue weighted by atomic mass is 9.98. The van der Waals surface area contributed by atoms with Gasteiger partial charge < -0.3 is 9.15 Å². The van der Waals surface area contributed by atoms with E-state index < -0.39 is 6.04 Å². The van der Waals surface area contributed by atoms with Crippen LogP contribution in [0.4, 0.5) is 5.13 Å². The number of fused-ring (bicyclic) bond motifs is 2. The number of anilines is 1. The lowest BCUT2D eigenvalue weighted by Crippen LogP contribution is -2.29. The Kier molecular flexibility index (Phi) is 4.63. The number of thiazole rings is 1. The third kappa shape index (κ3) is 3.04. The first-order valence-electron chi connectivity index (χ1n) is 10.1. The maximum Gasteiger partial charge on any atom is 0.297 e. The molecule has 1 aliphatic heterocycles. The summed E-state index contributed by atoms with van der Waals surface area (Å²) in [6.45, 7) is 6.36. The first-order chi connectivity index (χ1) is 15.0. The highest BCUT2D eigenvalue weighted by molar-refractivity contribution is 7.15. The second-order valence-corrected chi connectivity index (χ2v) is 8.57. The number of para-hydroxylation sites is 1. The Labute approximate surface area is 182 Å². The molecule has 0 N–H and O–H groups in total. The van der Waals surface area contributed by atoms with Crippen LogP contribution in [0.3, 0.4) is 0 Å².